The second-order valence-electron chi connectivity index (χ2n) is 6.89. The van der Waals surface area contributed by atoms with Crippen LogP contribution < -0.4 is 10.6 Å². The zero-order valence-electron chi connectivity index (χ0n) is 16.3. The Morgan fingerprint density at radius 1 is 1.36 bits per heavy atom. The Morgan fingerprint density at radius 3 is 2.68 bits per heavy atom. The summed E-state index contributed by atoms with van der Waals surface area (Å²) in [4.78, 5) is 28.4. The summed E-state index contributed by atoms with van der Waals surface area (Å²) in [6.45, 7) is 1.89. The van der Waals surface area contributed by atoms with E-state index in [4.69, 9.17) is 0 Å². The van der Waals surface area contributed by atoms with Gasteiger partial charge in [0.25, 0.3) is 0 Å². The van der Waals surface area contributed by atoms with Crippen molar-refractivity contribution in [3.05, 3.63) is 40.3 Å². The summed E-state index contributed by atoms with van der Waals surface area (Å²) < 4.78 is 1.69. The third-order valence-electron chi connectivity index (χ3n) is 5.02. The molecule has 0 aliphatic carbocycles. The van der Waals surface area contributed by atoms with Crippen LogP contribution in [-0.4, -0.2) is 53.2 Å². The third kappa shape index (κ3) is 5.56. The molecule has 2 aromatic rings. The number of rotatable bonds is 7. The molecule has 1 unspecified atom stereocenters. The average molecular weight is 426 g/mol. The largest absolute Gasteiger partial charge is 0.355 e. The van der Waals surface area contributed by atoms with Crippen molar-refractivity contribution < 1.29 is 9.59 Å². The summed E-state index contributed by atoms with van der Waals surface area (Å²) >= 11 is 1.71. The number of amides is 2. The summed E-state index contributed by atoms with van der Waals surface area (Å²) in [6.07, 6.45) is 5.86. The first-order valence-corrected chi connectivity index (χ1v) is 10.2. The van der Waals surface area contributed by atoms with Crippen molar-refractivity contribution in [3.63, 3.8) is 0 Å². The van der Waals surface area contributed by atoms with E-state index in [-0.39, 0.29) is 30.1 Å². The highest BCUT2D eigenvalue weighted by molar-refractivity contribution is 7.09. The van der Waals surface area contributed by atoms with Gasteiger partial charge in [-0.05, 0) is 37.8 Å². The lowest BCUT2D eigenvalue weighted by molar-refractivity contribution is -0.137. The lowest BCUT2D eigenvalue weighted by Gasteiger charge is -2.33. The number of carbonyl (C=O) groups is 2. The van der Waals surface area contributed by atoms with Gasteiger partial charge in [0, 0.05) is 49.2 Å². The number of aromatic nitrogens is 2. The van der Waals surface area contributed by atoms with Gasteiger partial charge in [0.05, 0.1) is 6.20 Å². The van der Waals surface area contributed by atoms with Gasteiger partial charge in [-0.25, -0.2) is 0 Å². The molecule has 9 heteroatoms. The number of nitrogens with zero attached hydrogens (tertiary/aromatic N) is 3. The minimum absolute atomic E-state index is 0. The quantitative estimate of drug-likeness (QED) is 0.708. The summed E-state index contributed by atoms with van der Waals surface area (Å²) in [7, 11) is 3.62. The summed E-state index contributed by atoms with van der Waals surface area (Å²) in [5, 5.41) is 12.3. The van der Waals surface area contributed by atoms with E-state index in [0.717, 1.165) is 12.0 Å². The van der Waals surface area contributed by atoms with Crippen LogP contribution >= 0.6 is 23.7 Å². The van der Waals surface area contributed by atoms with Gasteiger partial charge in [-0.1, -0.05) is 6.07 Å². The van der Waals surface area contributed by atoms with Crippen LogP contribution in [0.15, 0.2) is 29.9 Å². The minimum atomic E-state index is -0.394. The number of aryl methyl sites for hydroxylation is 1. The Morgan fingerprint density at radius 2 is 2.11 bits per heavy atom. The number of likely N-dealkylation sites (N-methyl/N-ethyl adjacent to an activating group) is 1. The monoisotopic (exact) mass is 425 g/mol. The SMILES string of the molecule is CNC(C(=O)N1CCC(C(=O)NCCc2cccs2)CC1)c1cnn(C)c1.Cl. The molecular formula is C19H28ClN5O2S. The fourth-order valence-electron chi connectivity index (χ4n) is 3.47. The number of hydrogen-bond donors (Lipinski definition) is 2. The number of hydrogen-bond acceptors (Lipinski definition) is 5. The number of nitrogens with one attached hydrogen (secondary N) is 2. The molecule has 154 valence electrons. The second kappa shape index (κ2) is 10.6. The van der Waals surface area contributed by atoms with Crippen LogP contribution in [0.25, 0.3) is 0 Å². The fraction of sp³-hybridized carbons (Fsp3) is 0.526. The number of likely N-dealkylation sites (tertiary alicyclic amines) is 1. The first kappa shape index (κ1) is 22.4. The van der Waals surface area contributed by atoms with Crippen LogP contribution in [0.5, 0.6) is 0 Å². The molecule has 2 amide bonds. The van der Waals surface area contributed by atoms with Crippen LogP contribution in [0.3, 0.4) is 0 Å². The van der Waals surface area contributed by atoms with E-state index < -0.39 is 6.04 Å². The zero-order valence-corrected chi connectivity index (χ0v) is 17.9. The molecule has 0 spiro atoms. The minimum Gasteiger partial charge on any atom is -0.355 e. The van der Waals surface area contributed by atoms with Crippen LogP contribution in [0.2, 0.25) is 0 Å². The van der Waals surface area contributed by atoms with Gasteiger partial charge in [-0.2, -0.15) is 5.10 Å². The molecule has 1 fully saturated rings. The first-order valence-electron chi connectivity index (χ1n) is 9.33. The molecule has 1 aliphatic heterocycles. The Hall–Kier alpha value is -1.90. The molecule has 28 heavy (non-hydrogen) atoms. The number of piperidine rings is 1. The third-order valence-corrected chi connectivity index (χ3v) is 5.96. The maximum atomic E-state index is 12.8. The normalized spacial score (nSPS) is 15.7. The van der Waals surface area contributed by atoms with E-state index in [9.17, 15) is 9.59 Å². The van der Waals surface area contributed by atoms with Gasteiger partial charge in [0.1, 0.15) is 6.04 Å². The number of thiophene rings is 1. The first-order chi connectivity index (χ1) is 13.1. The highest BCUT2D eigenvalue weighted by atomic mass is 35.5. The van der Waals surface area contributed by atoms with Crippen molar-refractivity contribution >= 4 is 35.6 Å². The lowest BCUT2D eigenvalue weighted by Crippen LogP contribution is -2.46. The van der Waals surface area contributed by atoms with Crippen LogP contribution in [0.1, 0.15) is 29.3 Å². The standard InChI is InChI=1S/C19H27N5O2S.ClH/c1-20-17(15-12-22-23(2)13-15)19(26)24-9-6-14(7-10-24)18(25)21-8-5-16-4-3-11-27-16;/h3-4,11-14,17,20H,5-10H2,1-2H3,(H,21,25);1H. The summed E-state index contributed by atoms with van der Waals surface area (Å²) in [6, 6.07) is 3.72. The van der Waals surface area contributed by atoms with Crippen molar-refractivity contribution in [2.24, 2.45) is 13.0 Å². The highest BCUT2D eigenvalue weighted by Gasteiger charge is 2.31. The molecule has 1 atom stereocenters. The molecule has 3 heterocycles. The molecule has 0 saturated carbocycles. The summed E-state index contributed by atoms with van der Waals surface area (Å²) in [5.74, 6) is 0.141. The topological polar surface area (TPSA) is 79.3 Å². The predicted molar refractivity (Wildman–Crippen MR) is 113 cm³/mol. The van der Waals surface area contributed by atoms with E-state index in [1.165, 1.54) is 4.88 Å². The molecule has 7 nitrogen and oxygen atoms in total. The van der Waals surface area contributed by atoms with Crippen molar-refractivity contribution in [2.45, 2.75) is 25.3 Å². The highest BCUT2D eigenvalue weighted by Crippen LogP contribution is 2.22. The van der Waals surface area contributed by atoms with Gasteiger partial charge < -0.3 is 15.5 Å². The molecule has 1 saturated heterocycles. The molecule has 0 radical (unpaired) electrons. The van der Waals surface area contributed by atoms with Crippen molar-refractivity contribution in [1.82, 2.24) is 25.3 Å². The van der Waals surface area contributed by atoms with E-state index in [0.29, 0.717) is 32.5 Å². The molecule has 0 bridgehead atoms. The molecule has 2 N–H and O–H groups in total. The maximum absolute atomic E-state index is 12.8. The van der Waals surface area contributed by atoms with Gasteiger partial charge in [0.2, 0.25) is 11.8 Å². The van der Waals surface area contributed by atoms with Crippen LogP contribution in [0.4, 0.5) is 0 Å². The second-order valence-corrected chi connectivity index (χ2v) is 7.92. The average Bonchev–Trinajstić information content (AvgIpc) is 3.34. The van der Waals surface area contributed by atoms with E-state index >= 15 is 0 Å². The van der Waals surface area contributed by atoms with Gasteiger partial charge >= 0.3 is 0 Å². The van der Waals surface area contributed by atoms with Crippen LogP contribution in [0, 0.1) is 5.92 Å². The van der Waals surface area contributed by atoms with E-state index in [1.54, 1.807) is 29.3 Å². The van der Waals surface area contributed by atoms with Crippen molar-refractivity contribution in [3.8, 4) is 0 Å². The van der Waals surface area contributed by atoms with Gasteiger partial charge in [-0.15, -0.1) is 23.7 Å². The van der Waals surface area contributed by atoms with E-state index in [2.05, 4.69) is 21.8 Å². The molecule has 2 aromatic heterocycles. The molecule has 1 aliphatic rings. The fourth-order valence-corrected chi connectivity index (χ4v) is 4.18. The predicted octanol–water partition coefficient (Wildman–Crippen LogP) is 1.76. The van der Waals surface area contributed by atoms with Crippen molar-refractivity contribution in [1.29, 1.82) is 0 Å². The smallest absolute Gasteiger partial charge is 0.244 e. The van der Waals surface area contributed by atoms with Gasteiger partial charge in [0.15, 0.2) is 0 Å². The zero-order chi connectivity index (χ0) is 19.2. The number of carbonyl (C=O) groups excluding carboxylic acids is 2. The van der Waals surface area contributed by atoms with Crippen LogP contribution in [-0.2, 0) is 23.1 Å². The van der Waals surface area contributed by atoms with Crippen molar-refractivity contribution in [2.75, 3.05) is 26.7 Å². The van der Waals surface area contributed by atoms with Gasteiger partial charge in [-0.3, -0.25) is 14.3 Å². The Balaban J connectivity index is 0.00000280. The Kier molecular flexibility index (Phi) is 8.47. The summed E-state index contributed by atoms with van der Waals surface area (Å²) in [5.41, 5.74) is 0.860. The van der Waals surface area contributed by atoms with E-state index in [1.807, 2.05) is 29.6 Å². The molecule has 0 aromatic carbocycles. The maximum Gasteiger partial charge on any atom is 0.244 e. The Bertz CT molecular complexity index is 756. The molecular weight excluding hydrogens is 398 g/mol. The Labute approximate surface area is 175 Å². The number of halogens is 1. The lowest BCUT2D eigenvalue weighted by atomic mass is 9.95. The molecule has 3 rings (SSSR count).